The topological polar surface area (TPSA) is 20.2 Å². The maximum absolute atomic E-state index is 12.3. The SMILES string of the molecule is OC1(c2cc3ccccc3cc2-c2ccccc2Cl)C2CC3CC(C2)CC1C3. The highest BCUT2D eigenvalue weighted by molar-refractivity contribution is 6.33. The summed E-state index contributed by atoms with van der Waals surface area (Å²) in [6, 6.07) is 21.1. The lowest BCUT2D eigenvalue weighted by Crippen LogP contribution is -2.55. The molecule has 0 aromatic heterocycles. The second-order valence-corrected chi connectivity index (χ2v) is 9.76. The fourth-order valence-electron chi connectivity index (χ4n) is 6.82. The zero-order valence-electron chi connectivity index (χ0n) is 15.9. The molecule has 0 unspecified atom stereocenters. The van der Waals surface area contributed by atoms with Gasteiger partial charge in [-0.05, 0) is 95.9 Å². The van der Waals surface area contributed by atoms with Gasteiger partial charge < -0.3 is 5.11 Å². The molecular formula is C26H25ClO. The largest absolute Gasteiger partial charge is 0.385 e. The normalized spacial score (nSPS) is 33.5. The third-order valence-corrected chi connectivity index (χ3v) is 8.19. The van der Waals surface area contributed by atoms with E-state index in [1.54, 1.807) is 0 Å². The van der Waals surface area contributed by atoms with Crippen LogP contribution in [0.5, 0.6) is 0 Å². The lowest BCUT2D eigenvalue weighted by Gasteiger charge is -2.59. The first-order valence-corrected chi connectivity index (χ1v) is 11.0. The smallest absolute Gasteiger partial charge is 0.0959 e. The molecule has 1 N–H and O–H groups in total. The Kier molecular flexibility index (Phi) is 3.71. The third kappa shape index (κ3) is 2.36. The summed E-state index contributed by atoms with van der Waals surface area (Å²) in [7, 11) is 0. The lowest BCUT2D eigenvalue weighted by atomic mass is 9.48. The molecule has 0 aliphatic heterocycles. The van der Waals surface area contributed by atoms with Crippen LogP contribution in [0.15, 0.2) is 60.7 Å². The van der Waals surface area contributed by atoms with Gasteiger partial charge in [0.15, 0.2) is 0 Å². The molecule has 0 spiro atoms. The van der Waals surface area contributed by atoms with Gasteiger partial charge >= 0.3 is 0 Å². The van der Waals surface area contributed by atoms with Crippen molar-refractivity contribution in [1.82, 2.24) is 0 Å². The van der Waals surface area contributed by atoms with Crippen LogP contribution >= 0.6 is 11.6 Å². The average molecular weight is 389 g/mol. The van der Waals surface area contributed by atoms with Crippen molar-refractivity contribution >= 4 is 22.4 Å². The Morgan fingerprint density at radius 1 is 0.714 bits per heavy atom. The molecule has 4 aliphatic rings. The number of hydrogen-bond acceptors (Lipinski definition) is 1. The highest BCUT2D eigenvalue weighted by atomic mass is 35.5. The second kappa shape index (κ2) is 6.08. The Morgan fingerprint density at radius 3 is 1.93 bits per heavy atom. The van der Waals surface area contributed by atoms with Gasteiger partial charge in [0, 0.05) is 10.6 Å². The van der Waals surface area contributed by atoms with Gasteiger partial charge in [0.1, 0.15) is 0 Å². The van der Waals surface area contributed by atoms with Crippen LogP contribution in [0.2, 0.25) is 5.02 Å². The number of aliphatic hydroxyl groups is 1. The van der Waals surface area contributed by atoms with Crippen LogP contribution < -0.4 is 0 Å². The van der Waals surface area contributed by atoms with E-state index in [1.807, 2.05) is 18.2 Å². The molecule has 2 heteroatoms. The minimum Gasteiger partial charge on any atom is -0.385 e. The molecule has 3 aromatic carbocycles. The summed E-state index contributed by atoms with van der Waals surface area (Å²) in [4.78, 5) is 0. The molecule has 4 bridgehead atoms. The summed E-state index contributed by atoms with van der Waals surface area (Å²) in [5.41, 5.74) is 2.52. The van der Waals surface area contributed by atoms with Crippen LogP contribution in [0.4, 0.5) is 0 Å². The summed E-state index contributed by atoms with van der Waals surface area (Å²) < 4.78 is 0. The molecule has 4 fully saturated rings. The molecule has 0 atom stereocenters. The number of rotatable bonds is 2. The summed E-state index contributed by atoms with van der Waals surface area (Å²) >= 11 is 6.64. The van der Waals surface area contributed by atoms with E-state index < -0.39 is 5.60 Å². The molecule has 0 radical (unpaired) electrons. The van der Waals surface area contributed by atoms with Crippen molar-refractivity contribution in [3.05, 3.63) is 71.2 Å². The minimum atomic E-state index is -0.730. The van der Waals surface area contributed by atoms with E-state index in [0.29, 0.717) is 11.8 Å². The van der Waals surface area contributed by atoms with Crippen molar-refractivity contribution in [3.8, 4) is 11.1 Å². The van der Waals surface area contributed by atoms with Crippen LogP contribution in [-0.2, 0) is 5.60 Å². The Labute approximate surface area is 171 Å². The van der Waals surface area contributed by atoms with Crippen LogP contribution in [0.3, 0.4) is 0 Å². The molecule has 0 heterocycles. The number of benzene rings is 3. The van der Waals surface area contributed by atoms with Gasteiger partial charge in [-0.25, -0.2) is 0 Å². The lowest BCUT2D eigenvalue weighted by molar-refractivity contribution is -0.179. The highest BCUT2D eigenvalue weighted by Crippen LogP contribution is 2.63. The van der Waals surface area contributed by atoms with Gasteiger partial charge in [0.2, 0.25) is 0 Å². The van der Waals surface area contributed by atoms with Gasteiger partial charge in [0.05, 0.1) is 5.60 Å². The molecular weight excluding hydrogens is 364 g/mol. The quantitative estimate of drug-likeness (QED) is 0.511. The predicted octanol–water partition coefficient (Wildman–Crippen LogP) is 6.80. The molecule has 4 aliphatic carbocycles. The van der Waals surface area contributed by atoms with Crippen LogP contribution in [0.1, 0.15) is 37.7 Å². The van der Waals surface area contributed by atoms with Crippen molar-refractivity contribution in [2.45, 2.75) is 37.7 Å². The third-order valence-electron chi connectivity index (χ3n) is 7.86. The molecule has 142 valence electrons. The van der Waals surface area contributed by atoms with Crippen LogP contribution in [-0.4, -0.2) is 5.11 Å². The van der Waals surface area contributed by atoms with E-state index in [1.165, 1.54) is 42.9 Å². The number of halogens is 1. The summed E-state index contributed by atoms with van der Waals surface area (Å²) in [5.74, 6) is 2.41. The summed E-state index contributed by atoms with van der Waals surface area (Å²) in [6.07, 6.45) is 6.10. The molecule has 28 heavy (non-hydrogen) atoms. The highest BCUT2D eigenvalue weighted by Gasteiger charge is 2.57. The maximum Gasteiger partial charge on any atom is 0.0959 e. The molecule has 1 nitrogen and oxygen atoms in total. The molecule has 4 saturated carbocycles. The maximum atomic E-state index is 12.3. The van der Waals surface area contributed by atoms with Gasteiger partial charge in [-0.1, -0.05) is 54.1 Å². The Balaban J connectivity index is 1.62. The molecule has 0 saturated heterocycles. The summed E-state index contributed by atoms with van der Waals surface area (Å²) in [6.45, 7) is 0. The van der Waals surface area contributed by atoms with E-state index >= 15 is 0 Å². The Hall–Kier alpha value is -1.83. The number of fused-ring (bicyclic) bond motifs is 1. The molecule has 7 rings (SSSR count). The van der Waals surface area contributed by atoms with Crippen LogP contribution in [0.25, 0.3) is 21.9 Å². The van der Waals surface area contributed by atoms with Gasteiger partial charge in [0.25, 0.3) is 0 Å². The van der Waals surface area contributed by atoms with Gasteiger partial charge in [-0.3, -0.25) is 0 Å². The molecule has 3 aromatic rings. The van der Waals surface area contributed by atoms with E-state index in [-0.39, 0.29) is 0 Å². The predicted molar refractivity (Wildman–Crippen MR) is 115 cm³/mol. The van der Waals surface area contributed by atoms with E-state index in [0.717, 1.165) is 33.5 Å². The van der Waals surface area contributed by atoms with Crippen molar-refractivity contribution in [2.24, 2.45) is 23.7 Å². The Morgan fingerprint density at radius 2 is 1.29 bits per heavy atom. The van der Waals surface area contributed by atoms with Crippen molar-refractivity contribution in [2.75, 3.05) is 0 Å². The first-order chi connectivity index (χ1) is 13.6. The Bertz CT molecular complexity index is 1040. The van der Waals surface area contributed by atoms with E-state index in [2.05, 4.69) is 42.5 Å². The summed E-state index contributed by atoms with van der Waals surface area (Å²) in [5, 5.41) is 15.5. The van der Waals surface area contributed by atoms with Crippen molar-refractivity contribution in [1.29, 1.82) is 0 Å². The van der Waals surface area contributed by atoms with E-state index in [9.17, 15) is 5.11 Å². The first-order valence-electron chi connectivity index (χ1n) is 10.6. The first kappa shape index (κ1) is 17.1. The average Bonchev–Trinajstić information content (AvgIpc) is 2.71. The van der Waals surface area contributed by atoms with Crippen molar-refractivity contribution in [3.63, 3.8) is 0 Å². The van der Waals surface area contributed by atoms with Crippen LogP contribution in [0, 0.1) is 23.7 Å². The zero-order chi connectivity index (χ0) is 18.9. The fourth-order valence-corrected chi connectivity index (χ4v) is 7.05. The minimum absolute atomic E-state index is 0.381. The number of hydrogen-bond donors (Lipinski definition) is 1. The van der Waals surface area contributed by atoms with Gasteiger partial charge in [-0.2, -0.15) is 0 Å². The van der Waals surface area contributed by atoms with Gasteiger partial charge in [-0.15, -0.1) is 0 Å². The zero-order valence-corrected chi connectivity index (χ0v) is 16.7. The monoisotopic (exact) mass is 388 g/mol. The fraction of sp³-hybridized carbons (Fsp3) is 0.385. The van der Waals surface area contributed by atoms with E-state index in [4.69, 9.17) is 11.6 Å². The second-order valence-electron chi connectivity index (χ2n) is 9.35. The molecule has 0 amide bonds. The van der Waals surface area contributed by atoms with Crippen molar-refractivity contribution < 1.29 is 5.11 Å². The standard InChI is InChI=1S/C26H25ClO/c27-25-8-4-3-7-22(25)23-14-18-5-1-2-6-19(18)15-24(23)26(28)20-10-16-9-17(12-20)13-21(26)11-16/h1-8,14-17,20-21,28H,9-13H2.